The van der Waals surface area contributed by atoms with E-state index in [1.807, 2.05) is 55.5 Å². The van der Waals surface area contributed by atoms with E-state index in [1.165, 1.54) is 0 Å². The lowest BCUT2D eigenvalue weighted by atomic mass is 10.0. The predicted molar refractivity (Wildman–Crippen MR) is 99.4 cm³/mol. The van der Waals surface area contributed by atoms with E-state index in [2.05, 4.69) is 16.0 Å². The van der Waals surface area contributed by atoms with E-state index in [9.17, 15) is 9.59 Å². The van der Waals surface area contributed by atoms with E-state index in [4.69, 9.17) is 11.6 Å². The molecule has 0 aliphatic carbocycles. The third-order valence-corrected chi connectivity index (χ3v) is 3.97. The van der Waals surface area contributed by atoms with Crippen molar-refractivity contribution < 1.29 is 9.59 Å². The average molecular weight is 360 g/mol. The molecule has 0 bridgehead atoms. The molecule has 6 heteroatoms. The molecule has 0 saturated carbocycles. The molecule has 2 aromatic rings. The highest BCUT2D eigenvalue weighted by Gasteiger charge is 2.24. The Labute approximate surface area is 152 Å². The Morgan fingerprint density at radius 1 is 1.04 bits per heavy atom. The molecule has 0 fully saturated rings. The summed E-state index contributed by atoms with van der Waals surface area (Å²) in [7, 11) is 0. The molecule has 0 aliphatic heterocycles. The topological polar surface area (TPSA) is 70.2 Å². The summed E-state index contributed by atoms with van der Waals surface area (Å²) < 4.78 is 0. The fourth-order valence-electron chi connectivity index (χ4n) is 2.48. The molecule has 0 radical (unpaired) electrons. The molecule has 5 nitrogen and oxygen atoms in total. The molecule has 0 unspecified atom stereocenters. The number of amides is 3. The predicted octanol–water partition coefficient (Wildman–Crippen LogP) is 3.58. The first kappa shape index (κ1) is 19.0. The minimum Gasteiger partial charge on any atom is -0.338 e. The van der Waals surface area contributed by atoms with Gasteiger partial charge in [0.25, 0.3) is 0 Å². The molecule has 132 valence electrons. The normalized spacial score (nSPS) is 12.9. The molecular formula is C19H22ClN3O2. The third kappa shape index (κ3) is 5.59. The summed E-state index contributed by atoms with van der Waals surface area (Å²) in [5, 5.41) is 8.84. The number of carbonyl (C=O) groups is 2. The van der Waals surface area contributed by atoms with Crippen molar-refractivity contribution in [2.75, 3.05) is 6.54 Å². The molecule has 2 aromatic carbocycles. The lowest BCUT2D eigenvalue weighted by Gasteiger charge is -2.23. The number of imide groups is 1. The van der Waals surface area contributed by atoms with Crippen LogP contribution in [0.25, 0.3) is 0 Å². The van der Waals surface area contributed by atoms with Gasteiger partial charge in [-0.25, -0.2) is 4.79 Å². The highest BCUT2D eigenvalue weighted by molar-refractivity contribution is 6.30. The molecular weight excluding hydrogens is 338 g/mol. The monoisotopic (exact) mass is 359 g/mol. The number of benzene rings is 2. The summed E-state index contributed by atoms with van der Waals surface area (Å²) in [5.41, 5.74) is 1.73. The van der Waals surface area contributed by atoms with Gasteiger partial charge in [0.1, 0.15) is 6.04 Å². The van der Waals surface area contributed by atoms with Gasteiger partial charge in [-0.1, -0.05) is 54.1 Å². The zero-order chi connectivity index (χ0) is 18.2. The van der Waals surface area contributed by atoms with Crippen LogP contribution in [0.3, 0.4) is 0 Å². The SMILES string of the molecule is CCNC(=O)NC(=O)[C@@H](N[C@@H](C)c1cccc(Cl)c1)c1ccccc1. The minimum atomic E-state index is -0.669. The Balaban J connectivity index is 2.20. The fraction of sp³-hybridized carbons (Fsp3) is 0.263. The van der Waals surface area contributed by atoms with Gasteiger partial charge in [-0.15, -0.1) is 0 Å². The fourth-order valence-corrected chi connectivity index (χ4v) is 2.68. The van der Waals surface area contributed by atoms with Gasteiger partial charge in [-0.2, -0.15) is 0 Å². The molecule has 3 N–H and O–H groups in total. The Hall–Kier alpha value is -2.37. The lowest BCUT2D eigenvalue weighted by molar-refractivity contribution is -0.122. The zero-order valence-electron chi connectivity index (χ0n) is 14.3. The number of carbonyl (C=O) groups excluding carboxylic acids is 2. The number of urea groups is 1. The lowest BCUT2D eigenvalue weighted by Crippen LogP contribution is -2.45. The second-order valence-electron chi connectivity index (χ2n) is 5.64. The van der Waals surface area contributed by atoms with Crippen molar-refractivity contribution in [2.45, 2.75) is 25.9 Å². The Morgan fingerprint density at radius 3 is 2.36 bits per heavy atom. The Kier molecular flexibility index (Phi) is 6.98. The average Bonchev–Trinajstić information content (AvgIpc) is 2.60. The van der Waals surface area contributed by atoms with Gasteiger partial charge in [0.2, 0.25) is 5.91 Å². The maximum Gasteiger partial charge on any atom is 0.321 e. The van der Waals surface area contributed by atoms with Gasteiger partial charge in [-0.05, 0) is 37.1 Å². The van der Waals surface area contributed by atoms with Crippen LogP contribution in [0, 0.1) is 0 Å². The summed E-state index contributed by atoms with van der Waals surface area (Å²) in [4.78, 5) is 24.3. The number of hydrogen-bond acceptors (Lipinski definition) is 3. The van der Waals surface area contributed by atoms with Crippen molar-refractivity contribution in [3.8, 4) is 0 Å². The van der Waals surface area contributed by atoms with E-state index in [1.54, 1.807) is 13.0 Å². The van der Waals surface area contributed by atoms with Crippen LogP contribution in [0.5, 0.6) is 0 Å². The number of halogens is 1. The molecule has 0 saturated heterocycles. The van der Waals surface area contributed by atoms with Crippen LogP contribution < -0.4 is 16.0 Å². The van der Waals surface area contributed by atoms with Gasteiger partial charge in [0.05, 0.1) is 0 Å². The van der Waals surface area contributed by atoms with E-state index in [0.29, 0.717) is 11.6 Å². The van der Waals surface area contributed by atoms with E-state index in [-0.39, 0.29) is 6.04 Å². The second kappa shape index (κ2) is 9.20. The zero-order valence-corrected chi connectivity index (χ0v) is 15.0. The molecule has 2 rings (SSSR count). The van der Waals surface area contributed by atoms with Crippen molar-refractivity contribution in [2.24, 2.45) is 0 Å². The highest BCUT2D eigenvalue weighted by atomic mass is 35.5. The summed E-state index contributed by atoms with van der Waals surface area (Å²) in [5.74, 6) is -0.411. The largest absolute Gasteiger partial charge is 0.338 e. The van der Waals surface area contributed by atoms with Gasteiger partial charge in [-0.3, -0.25) is 15.4 Å². The van der Waals surface area contributed by atoms with Crippen molar-refractivity contribution in [3.05, 3.63) is 70.7 Å². The van der Waals surface area contributed by atoms with Gasteiger partial charge >= 0.3 is 6.03 Å². The summed E-state index contributed by atoms with van der Waals surface area (Å²) in [6, 6.07) is 15.4. The quantitative estimate of drug-likeness (QED) is 0.738. The maximum absolute atomic E-state index is 12.6. The van der Waals surface area contributed by atoms with Crippen LogP contribution in [0.2, 0.25) is 5.02 Å². The maximum atomic E-state index is 12.6. The van der Waals surface area contributed by atoms with Crippen molar-refractivity contribution in [3.63, 3.8) is 0 Å². The molecule has 0 spiro atoms. The van der Waals surface area contributed by atoms with E-state index in [0.717, 1.165) is 11.1 Å². The molecule has 25 heavy (non-hydrogen) atoms. The van der Waals surface area contributed by atoms with E-state index < -0.39 is 18.0 Å². The highest BCUT2D eigenvalue weighted by Crippen LogP contribution is 2.22. The van der Waals surface area contributed by atoms with Gasteiger partial charge in [0.15, 0.2) is 0 Å². The summed E-state index contributed by atoms with van der Waals surface area (Å²) in [6.45, 7) is 4.18. The number of hydrogen-bond donors (Lipinski definition) is 3. The molecule has 2 atom stereocenters. The first-order chi connectivity index (χ1) is 12.0. The van der Waals surface area contributed by atoms with Crippen LogP contribution in [-0.2, 0) is 4.79 Å². The van der Waals surface area contributed by atoms with Crippen LogP contribution in [0.15, 0.2) is 54.6 Å². The van der Waals surface area contributed by atoms with E-state index >= 15 is 0 Å². The first-order valence-corrected chi connectivity index (χ1v) is 8.54. The van der Waals surface area contributed by atoms with Gasteiger partial charge in [0, 0.05) is 17.6 Å². The standard InChI is InChI=1S/C19H22ClN3O2/c1-3-21-19(25)23-18(24)17(14-8-5-4-6-9-14)22-13(2)15-10-7-11-16(20)12-15/h4-13,17,22H,3H2,1-2H3,(H2,21,23,24,25)/t13-,17-/m0/s1. The molecule has 0 aromatic heterocycles. The van der Waals surface area contributed by atoms with Gasteiger partial charge < -0.3 is 5.32 Å². The van der Waals surface area contributed by atoms with Crippen LogP contribution in [0.4, 0.5) is 4.79 Å². The van der Waals surface area contributed by atoms with Crippen molar-refractivity contribution in [1.29, 1.82) is 0 Å². The van der Waals surface area contributed by atoms with Crippen LogP contribution in [-0.4, -0.2) is 18.5 Å². The van der Waals surface area contributed by atoms with Crippen molar-refractivity contribution >= 4 is 23.5 Å². The van der Waals surface area contributed by atoms with Crippen LogP contribution >= 0.6 is 11.6 Å². The van der Waals surface area contributed by atoms with Crippen molar-refractivity contribution in [1.82, 2.24) is 16.0 Å². The third-order valence-electron chi connectivity index (χ3n) is 3.73. The summed E-state index contributed by atoms with van der Waals surface area (Å²) in [6.07, 6.45) is 0. The minimum absolute atomic E-state index is 0.135. The summed E-state index contributed by atoms with van der Waals surface area (Å²) >= 11 is 6.05. The molecule has 0 heterocycles. The molecule has 3 amide bonds. The Bertz CT molecular complexity index is 722. The smallest absolute Gasteiger partial charge is 0.321 e. The molecule has 0 aliphatic rings. The van der Waals surface area contributed by atoms with Crippen LogP contribution in [0.1, 0.15) is 37.1 Å². The second-order valence-corrected chi connectivity index (χ2v) is 6.07. The number of rotatable bonds is 6. The first-order valence-electron chi connectivity index (χ1n) is 8.16. The number of nitrogens with one attached hydrogen (secondary N) is 3. The Morgan fingerprint density at radius 2 is 1.72 bits per heavy atom.